The van der Waals surface area contributed by atoms with Gasteiger partial charge in [0, 0.05) is 49.4 Å². The number of aryl methyl sites for hydroxylation is 2. The molecule has 34 heavy (non-hydrogen) atoms. The summed E-state index contributed by atoms with van der Waals surface area (Å²) in [5, 5.41) is 11.4. The van der Waals surface area contributed by atoms with Gasteiger partial charge in [-0.3, -0.25) is 9.20 Å². The lowest BCUT2D eigenvalue weighted by molar-refractivity contribution is 0.0987. The van der Waals surface area contributed by atoms with Gasteiger partial charge in [-0.1, -0.05) is 6.92 Å². The highest BCUT2D eigenvalue weighted by atomic mass is 19.1. The first-order chi connectivity index (χ1) is 16.5. The summed E-state index contributed by atoms with van der Waals surface area (Å²) in [4.78, 5) is 20.8. The maximum absolute atomic E-state index is 14.7. The molecule has 176 valence electrons. The van der Waals surface area contributed by atoms with Crippen LogP contribution >= 0.6 is 0 Å². The number of nitrogens with one attached hydrogen (secondary N) is 1. The molecular formula is C24H25FN6O3. The Hall–Kier alpha value is -3.92. The molecular weight excluding hydrogens is 439 g/mol. The second-order valence-corrected chi connectivity index (χ2v) is 7.66. The van der Waals surface area contributed by atoms with Crippen molar-refractivity contribution in [3.63, 3.8) is 0 Å². The van der Waals surface area contributed by atoms with Crippen molar-refractivity contribution in [2.75, 3.05) is 19.5 Å². The predicted octanol–water partition coefficient (Wildman–Crippen LogP) is 3.93. The van der Waals surface area contributed by atoms with E-state index >= 15 is 0 Å². The van der Waals surface area contributed by atoms with Crippen LogP contribution in [0.15, 0.2) is 42.9 Å². The third-order valence-electron chi connectivity index (χ3n) is 5.38. The second-order valence-electron chi connectivity index (χ2n) is 7.66. The number of ether oxygens (including phenoxy) is 2. The Morgan fingerprint density at radius 3 is 2.62 bits per heavy atom. The maximum atomic E-state index is 14.7. The molecule has 4 rings (SSSR count). The van der Waals surface area contributed by atoms with Crippen LogP contribution in [0.4, 0.5) is 16.0 Å². The van der Waals surface area contributed by atoms with Gasteiger partial charge in [0.25, 0.3) is 0 Å². The number of ketones is 1. The van der Waals surface area contributed by atoms with Crippen LogP contribution < -0.4 is 10.1 Å². The molecule has 0 unspecified atom stereocenters. The van der Waals surface area contributed by atoms with E-state index in [0.29, 0.717) is 54.4 Å². The Bertz CT molecular complexity index is 1310. The van der Waals surface area contributed by atoms with E-state index in [1.54, 1.807) is 32.5 Å². The topological polar surface area (TPSA) is 104 Å². The number of Topliss-reactive ketones (excluding diaryl/α,β-unsaturated/α-hetero) is 1. The van der Waals surface area contributed by atoms with Gasteiger partial charge in [0.1, 0.15) is 6.61 Å². The van der Waals surface area contributed by atoms with Gasteiger partial charge in [-0.15, -0.1) is 10.2 Å². The number of hydrogen-bond acceptors (Lipinski definition) is 8. The number of fused-ring (bicyclic) bond motifs is 1. The fourth-order valence-corrected chi connectivity index (χ4v) is 3.55. The van der Waals surface area contributed by atoms with Crippen LogP contribution in [0, 0.1) is 5.82 Å². The van der Waals surface area contributed by atoms with Crippen molar-refractivity contribution < 1.29 is 18.7 Å². The van der Waals surface area contributed by atoms with E-state index in [1.807, 2.05) is 22.7 Å². The molecule has 1 aromatic carbocycles. The van der Waals surface area contributed by atoms with Crippen molar-refractivity contribution >= 4 is 23.1 Å². The molecule has 3 aromatic heterocycles. The lowest BCUT2D eigenvalue weighted by atomic mass is 10.00. The summed E-state index contributed by atoms with van der Waals surface area (Å²) in [7, 11) is 3.00. The smallest absolute Gasteiger partial charge is 0.227 e. The Balaban J connectivity index is 1.43. The molecule has 0 atom stereocenters. The molecule has 0 spiro atoms. The molecule has 0 radical (unpaired) electrons. The standard InChI is InChI=1S/C24H25FN6O3/c1-4-19(32)17-9-16(23(25)20(10-17)34-3)6-5-15-12-26-24(27-13-15)28-18-7-8-31-21(11-18)29-30-22(31)14-33-2/h7-13H,4-6,14H2,1-3H3,(H,26,27,28). The summed E-state index contributed by atoms with van der Waals surface area (Å²) >= 11 is 0. The number of nitrogens with zero attached hydrogens (tertiary/aromatic N) is 5. The Kier molecular flexibility index (Phi) is 7.07. The fraction of sp³-hybridized carbons (Fsp3) is 0.292. The number of carbonyl (C=O) groups is 1. The summed E-state index contributed by atoms with van der Waals surface area (Å²) in [5.41, 5.74) is 3.16. The maximum Gasteiger partial charge on any atom is 0.227 e. The molecule has 0 aliphatic rings. The number of pyridine rings is 1. The quantitative estimate of drug-likeness (QED) is 0.352. The van der Waals surface area contributed by atoms with Crippen molar-refractivity contribution in [2.24, 2.45) is 0 Å². The zero-order chi connectivity index (χ0) is 24.1. The zero-order valence-corrected chi connectivity index (χ0v) is 19.2. The Morgan fingerprint density at radius 1 is 1.12 bits per heavy atom. The van der Waals surface area contributed by atoms with E-state index in [1.165, 1.54) is 13.2 Å². The van der Waals surface area contributed by atoms with E-state index in [9.17, 15) is 9.18 Å². The number of anilines is 2. The predicted molar refractivity (Wildman–Crippen MR) is 124 cm³/mol. The van der Waals surface area contributed by atoms with Crippen LogP contribution in [0.25, 0.3) is 5.65 Å². The third-order valence-corrected chi connectivity index (χ3v) is 5.38. The lowest BCUT2D eigenvalue weighted by Crippen LogP contribution is -2.05. The van der Waals surface area contributed by atoms with E-state index in [-0.39, 0.29) is 11.5 Å². The van der Waals surface area contributed by atoms with Gasteiger partial charge < -0.3 is 14.8 Å². The zero-order valence-electron chi connectivity index (χ0n) is 19.2. The van der Waals surface area contributed by atoms with Crippen LogP contribution in [0.5, 0.6) is 5.75 Å². The van der Waals surface area contributed by atoms with Crippen LogP contribution in [0.3, 0.4) is 0 Å². The second kappa shape index (κ2) is 10.3. The Morgan fingerprint density at radius 2 is 1.91 bits per heavy atom. The van der Waals surface area contributed by atoms with Gasteiger partial charge in [-0.05, 0) is 42.2 Å². The van der Waals surface area contributed by atoms with Gasteiger partial charge in [-0.2, -0.15) is 0 Å². The monoisotopic (exact) mass is 464 g/mol. The summed E-state index contributed by atoms with van der Waals surface area (Å²) < 4.78 is 26.8. The number of aromatic nitrogens is 5. The molecule has 3 heterocycles. The van der Waals surface area contributed by atoms with Crippen molar-refractivity contribution in [3.05, 3.63) is 71.2 Å². The minimum atomic E-state index is -0.452. The van der Waals surface area contributed by atoms with Crippen molar-refractivity contribution in [1.29, 1.82) is 0 Å². The molecule has 9 nitrogen and oxygen atoms in total. The minimum Gasteiger partial charge on any atom is -0.494 e. The normalized spacial score (nSPS) is 11.1. The molecule has 0 aliphatic carbocycles. The first kappa shape index (κ1) is 23.2. The van der Waals surface area contributed by atoms with Crippen molar-refractivity contribution in [1.82, 2.24) is 24.6 Å². The number of carbonyl (C=O) groups excluding carboxylic acids is 1. The average molecular weight is 465 g/mol. The number of hydrogen-bond donors (Lipinski definition) is 1. The summed E-state index contributed by atoms with van der Waals surface area (Å²) in [5.74, 6) is 0.699. The number of halogens is 1. The summed E-state index contributed by atoms with van der Waals surface area (Å²) in [6.07, 6.45) is 6.47. The minimum absolute atomic E-state index is 0.0578. The largest absolute Gasteiger partial charge is 0.494 e. The van der Waals surface area contributed by atoms with Gasteiger partial charge in [0.2, 0.25) is 5.95 Å². The van der Waals surface area contributed by atoms with Crippen molar-refractivity contribution in [2.45, 2.75) is 32.8 Å². The molecule has 0 saturated carbocycles. The average Bonchev–Trinajstić information content (AvgIpc) is 3.26. The highest BCUT2D eigenvalue weighted by Gasteiger charge is 2.15. The first-order valence-corrected chi connectivity index (χ1v) is 10.8. The van der Waals surface area contributed by atoms with Gasteiger partial charge in [0.15, 0.2) is 28.8 Å². The molecule has 0 amide bonds. The summed E-state index contributed by atoms with van der Waals surface area (Å²) in [6, 6.07) is 6.75. The molecule has 0 fully saturated rings. The molecule has 10 heteroatoms. The van der Waals surface area contributed by atoms with Gasteiger partial charge in [0.05, 0.1) is 7.11 Å². The van der Waals surface area contributed by atoms with Crippen molar-refractivity contribution in [3.8, 4) is 5.75 Å². The number of benzene rings is 1. The Labute approximate surface area is 196 Å². The molecule has 1 N–H and O–H groups in total. The molecule has 0 bridgehead atoms. The third kappa shape index (κ3) is 5.01. The highest BCUT2D eigenvalue weighted by molar-refractivity contribution is 5.96. The van der Waals surface area contributed by atoms with E-state index < -0.39 is 5.82 Å². The van der Waals surface area contributed by atoms with Crippen LogP contribution in [0.2, 0.25) is 0 Å². The molecule has 0 aliphatic heterocycles. The number of rotatable bonds is 10. The lowest BCUT2D eigenvalue weighted by Gasteiger charge is -2.11. The number of methoxy groups -OCH3 is 2. The van der Waals surface area contributed by atoms with Gasteiger partial charge >= 0.3 is 0 Å². The fourth-order valence-electron chi connectivity index (χ4n) is 3.55. The SMILES string of the molecule is CCC(=O)c1cc(CCc2cnc(Nc3ccn4c(COC)nnc4c3)nc2)c(F)c(OC)c1. The first-order valence-electron chi connectivity index (χ1n) is 10.8. The van der Waals surface area contributed by atoms with E-state index in [0.717, 1.165) is 11.3 Å². The van der Waals surface area contributed by atoms with Gasteiger partial charge in [-0.25, -0.2) is 14.4 Å². The van der Waals surface area contributed by atoms with Crippen LogP contribution in [-0.4, -0.2) is 44.6 Å². The van der Waals surface area contributed by atoms with E-state index in [2.05, 4.69) is 25.5 Å². The molecule has 0 saturated heterocycles. The van der Waals surface area contributed by atoms with E-state index in [4.69, 9.17) is 9.47 Å². The highest BCUT2D eigenvalue weighted by Crippen LogP contribution is 2.25. The molecule has 4 aromatic rings. The van der Waals surface area contributed by atoms with Crippen LogP contribution in [-0.2, 0) is 24.2 Å². The van der Waals surface area contributed by atoms with Crippen LogP contribution in [0.1, 0.15) is 40.7 Å². The summed E-state index contributed by atoms with van der Waals surface area (Å²) in [6.45, 7) is 2.14.